The molecule has 1 heterocycles. The van der Waals surface area contributed by atoms with Gasteiger partial charge < -0.3 is 14.5 Å². The number of hydrogen-bond donors (Lipinski definition) is 1. The van der Waals surface area contributed by atoms with Gasteiger partial charge in [0.15, 0.2) is 11.5 Å². The number of imidazole rings is 1. The number of H-pyrrole nitrogens is 1. The van der Waals surface area contributed by atoms with Crippen molar-refractivity contribution in [1.82, 2.24) is 9.97 Å². The van der Waals surface area contributed by atoms with Gasteiger partial charge in [0.2, 0.25) is 0 Å². The summed E-state index contributed by atoms with van der Waals surface area (Å²) in [7, 11) is 1.64. The summed E-state index contributed by atoms with van der Waals surface area (Å²) in [5, 5.41) is 0. The summed E-state index contributed by atoms with van der Waals surface area (Å²) < 4.78 is 11.1. The smallest absolute Gasteiger partial charge is 0.162 e. The normalized spacial score (nSPS) is 11.0. The molecule has 1 N–H and O–H groups in total. The fourth-order valence-corrected chi connectivity index (χ4v) is 2.26. The van der Waals surface area contributed by atoms with Gasteiger partial charge in [-0.1, -0.05) is 12.1 Å². The summed E-state index contributed by atoms with van der Waals surface area (Å²) in [5.74, 6) is 2.28. The van der Waals surface area contributed by atoms with E-state index in [9.17, 15) is 0 Å². The van der Waals surface area contributed by atoms with E-state index < -0.39 is 0 Å². The van der Waals surface area contributed by atoms with E-state index in [1.807, 2.05) is 56.3 Å². The van der Waals surface area contributed by atoms with Crippen molar-refractivity contribution >= 4 is 11.0 Å². The molecule has 0 saturated carbocycles. The fourth-order valence-electron chi connectivity index (χ4n) is 2.26. The van der Waals surface area contributed by atoms with Gasteiger partial charge in [0, 0.05) is 5.56 Å². The number of methoxy groups -OCH3 is 1. The molecule has 0 radical (unpaired) electrons. The van der Waals surface area contributed by atoms with Crippen molar-refractivity contribution in [2.75, 3.05) is 7.11 Å². The number of para-hydroxylation sites is 2. The number of ether oxygens (including phenoxy) is 2. The van der Waals surface area contributed by atoms with E-state index in [1.165, 1.54) is 0 Å². The third-order valence-electron chi connectivity index (χ3n) is 3.19. The second kappa shape index (κ2) is 5.48. The summed E-state index contributed by atoms with van der Waals surface area (Å²) in [6, 6.07) is 13.8. The quantitative estimate of drug-likeness (QED) is 0.786. The van der Waals surface area contributed by atoms with Crippen LogP contribution >= 0.6 is 0 Å². The van der Waals surface area contributed by atoms with Gasteiger partial charge in [-0.2, -0.15) is 0 Å². The molecule has 3 rings (SSSR count). The van der Waals surface area contributed by atoms with E-state index in [0.29, 0.717) is 0 Å². The van der Waals surface area contributed by atoms with Crippen LogP contribution in [0.5, 0.6) is 11.5 Å². The largest absolute Gasteiger partial charge is 0.493 e. The predicted octanol–water partition coefficient (Wildman–Crippen LogP) is 4.03. The number of hydrogen-bond acceptors (Lipinski definition) is 3. The third-order valence-corrected chi connectivity index (χ3v) is 3.19. The van der Waals surface area contributed by atoms with Crippen LogP contribution < -0.4 is 9.47 Å². The molecule has 1 aromatic heterocycles. The zero-order valence-electron chi connectivity index (χ0n) is 12.4. The van der Waals surface area contributed by atoms with Crippen molar-refractivity contribution in [2.24, 2.45) is 0 Å². The lowest BCUT2D eigenvalue weighted by atomic mass is 10.2. The lowest BCUT2D eigenvalue weighted by Gasteiger charge is -2.14. The van der Waals surface area contributed by atoms with Gasteiger partial charge in [-0.3, -0.25) is 0 Å². The molecule has 0 atom stereocenters. The first-order chi connectivity index (χ1) is 10.2. The molecule has 0 bridgehead atoms. The van der Waals surface area contributed by atoms with Crippen molar-refractivity contribution in [2.45, 2.75) is 20.0 Å². The zero-order valence-corrected chi connectivity index (χ0v) is 12.4. The minimum Gasteiger partial charge on any atom is -0.493 e. The monoisotopic (exact) mass is 282 g/mol. The van der Waals surface area contributed by atoms with Crippen LogP contribution in [0.4, 0.5) is 0 Å². The van der Waals surface area contributed by atoms with Gasteiger partial charge in [0.1, 0.15) is 5.82 Å². The van der Waals surface area contributed by atoms with Crippen LogP contribution in [0.1, 0.15) is 13.8 Å². The Bertz CT molecular complexity index is 729. The van der Waals surface area contributed by atoms with Gasteiger partial charge in [-0.25, -0.2) is 4.98 Å². The van der Waals surface area contributed by atoms with E-state index in [4.69, 9.17) is 9.47 Å². The molecular weight excluding hydrogens is 264 g/mol. The highest BCUT2D eigenvalue weighted by Gasteiger charge is 2.11. The minimum absolute atomic E-state index is 0.0878. The molecule has 0 aliphatic heterocycles. The van der Waals surface area contributed by atoms with Crippen LogP contribution in [-0.4, -0.2) is 23.2 Å². The van der Waals surface area contributed by atoms with E-state index in [0.717, 1.165) is 33.9 Å². The Hall–Kier alpha value is -2.49. The average Bonchev–Trinajstić information content (AvgIpc) is 2.90. The highest BCUT2D eigenvalue weighted by atomic mass is 16.5. The highest BCUT2D eigenvalue weighted by Crippen LogP contribution is 2.32. The van der Waals surface area contributed by atoms with Crippen molar-refractivity contribution in [1.29, 1.82) is 0 Å². The molecule has 3 aromatic rings. The first-order valence-electron chi connectivity index (χ1n) is 6.97. The SMILES string of the molecule is COc1ccc(-c2nc3ccccc3[nH]2)cc1OC(C)C. The molecule has 0 unspecified atom stereocenters. The van der Waals surface area contributed by atoms with Crippen molar-refractivity contribution in [3.8, 4) is 22.9 Å². The van der Waals surface area contributed by atoms with Crippen LogP contribution in [0, 0.1) is 0 Å². The number of benzene rings is 2. The summed E-state index contributed by atoms with van der Waals surface area (Å²) in [6.45, 7) is 3.99. The van der Waals surface area contributed by atoms with Gasteiger partial charge in [0.25, 0.3) is 0 Å². The maximum atomic E-state index is 5.81. The molecule has 0 amide bonds. The average molecular weight is 282 g/mol. The van der Waals surface area contributed by atoms with Crippen LogP contribution in [0.25, 0.3) is 22.4 Å². The number of aromatic amines is 1. The van der Waals surface area contributed by atoms with Crippen molar-refractivity contribution < 1.29 is 9.47 Å². The molecule has 0 spiro atoms. The lowest BCUT2D eigenvalue weighted by molar-refractivity contribution is 0.230. The summed E-state index contributed by atoms with van der Waals surface area (Å²) in [4.78, 5) is 7.93. The molecular formula is C17H18N2O2. The second-order valence-corrected chi connectivity index (χ2v) is 5.13. The van der Waals surface area contributed by atoms with E-state index in [2.05, 4.69) is 9.97 Å². The molecule has 0 fully saturated rings. The molecule has 0 aliphatic carbocycles. The van der Waals surface area contributed by atoms with Crippen LogP contribution in [0.15, 0.2) is 42.5 Å². The van der Waals surface area contributed by atoms with Crippen LogP contribution in [-0.2, 0) is 0 Å². The number of aromatic nitrogens is 2. The molecule has 0 aliphatic rings. The van der Waals surface area contributed by atoms with Gasteiger partial charge in [-0.15, -0.1) is 0 Å². The first-order valence-corrected chi connectivity index (χ1v) is 6.97. The Morgan fingerprint density at radius 1 is 1.05 bits per heavy atom. The predicted molar refractivity (Wildman–Crippen MR) is 83.8 cm³/mol. The summed E-state index contributed by atoms with van der Waals surface area (Å²) >= 11 is 0. The summed E-state index contributed by atoms with van der Waals surface area (Å²) in [5.41, 5.74) is 2.95. The van der Waals surface area contributed by atoms with Gasteiger partial charge in [-0.05, 0) is 44.2 Å². The van der Waals surface area contributed by atoms with Crippen molar-refractivity contribution in [3.05, 3.63) is 42.5 Å². The summed E-state index contributed by atoms with van der Waals surface area (Å²) in [6.07, 6.45) is 0.0878. The first kappa shape index (κ1) is 13.5. The lowest BCUT2D eigenvalue weighted by Crippen LogP contribution is -2.06. The maximum Gasteiger partial charge on any atom is 0.162 e. The topological polar surface area (TPSA) is 47.1 Å². The Balaban J connectivity index is 2.05. The number of fused-ring (bicyclic) bond motifs is 1. The Labute approximate surface area is 123 Å². The number of nitrogens with one attached hydrogen (secondary N) is 1. The van der Waals surface area contributed by atoms with E-state index in [-0.39, 0.29) is 6.10 Å². The molecule has 21 heavy (non-hydrogen) atoms. The number of nitrogens with zero attached hydrogens (tertiary/aromatic N) is 1. The standard InChI is InChI=1S/C17H18N2O2/c1-11(2)21-16-10-12(8-9-15(16)20-3)17-18-13-6-4-5-7-14(13)19-17/h4-11H,1-3H3,(H,18,19). The molecule has 0 saturated heterocycles. The Morgan fingerprint density at radius 2 is 1.86 bits per heavy atom. The Morgan fingerprint density at radius 3 is 2.57 bits per heavy atom. The van der Waals surface area contributed by atoms with Crippen molar-refractivity contribution in [3.63, 3.8) is 0 Å². The molecule has 108 valence electrons. The molecule has 2 aromatic carbocycles. The van der Waals surface area contributed by atoms with E-state index >= 15 is 0 Å². The maximum absolute atomic E-state index is 5.81. The zero-order chi connectivity index (χ0) is 14.8. The van der Waals surface area contributed by atoms with Crippen LogP contribution in [0.3, 0.4) is 0 Å². The van der Waals surface area contributed by atoms with Gasteiger partial charge >= 0.3 is 0 Å². The highest BCUT2D eigenvalue weighted by molar-refractivity contribution is 5.79. The number of rotatable bonds is 4. The minimum atomic E-state index is 0.0878. The van der Waals surface area contributed by atoms with Crippen LogP contribution in [0.2, 0.25) is 0 Å². The molecule has 4 nitrogen and oxygen atoms in total. The second-order valence-electron chi connectivity index (χ2n) is 5.13. The molecule has 4 heteroatoms. The fraction of sp³-hybridized carbons (Fsp3) is 0.235. The van der Waals surface area contributed by atoms with E-state index in [1.54, 1.807) is 7.11 Å². The Kier molecular flexibility index (Phi) is 3.52. The third kappa shape index (κ3) is 2.70. The van der Waals surface area contributed by atoms with Gasteiger partial charge in [0.05, 0.1) is 24.2 Å².